The van der Waals surface area contributed by atoms with E-state index in [2.05, 4.69) is 4.98 Å². The second-order valence-corrected chi connectivity index (χ2v) is 4.58. The van der Waals surface area contributed by atoms with Crippen molar-refractivity contribution in [2.45, 2.75) is 25.9 Å². The van der Waals surface area contributed by atoms with E-state index in [1.165, 1.54) is 0 Å². The van der Waals surface area contributed by atoms with Crippen molar-refractivity contribution < 1.29 is 17.6 Å². The molecule has 2 rings (SSSR count). The lowest BCUT2D eigenvalue weighted by atomic mass is 9.96. The summed E-state index contributed by atoms with van der Waals surface area (Å²) < 4.78 is 51.1. The van der Waals surface area contributed by atoms with Gasteiger partial charge < -0.3 is 4.90 Å². The Kier molecular flexibility index (Phi) is 3.45. The Morgan fingerprint density at radius 2 is 1.89 bits per heavy atom. The van der Waals surface area contributed by atoms with Crippen molar-refractivity contribution in [2.75, 3.05) is 18.0 Å². The number of piperidine rings is 1. The first kappa shape index (κ1) is 13.1. The molecular weight excluding hydrogens is 248 g/mol. The minimum absolute atomic E-state index is 0.0182. The molecule has 18 heavy (non-hydrogen) atoms. The highest BCUT2D eigenvalue weighted by Gasteiger charge is 2.41. The van der Waals surface area contributed by atoms with Gasteiger partial charge in [-0.05, 0) is 25.8 Å². The van der Waals surface area contributed by atoms with Gasteiger partial charge in [0, 0.05) is 18.8 Å². The Labute approximate surface area is 103 Å². The largest absolute Gasteiger partial charge is 0.391 e. The molecule has 1 fully saturated rings. The van der Waals surface area contributed by atoms with Crippen LogP contribution in [0.3, 0.4) is 0 Å². The highest BCUT2D eigenvalue weighted by molar-refractivity contribution is 5.48. The molecule has 2 heterocycles. The SMILES string of the molecule is Cc1cc(N2CCC(C(F)(F)F)CC2)c(F)cn1. The fraction of sp³-hybridized carbons (Fsp3) is 0.583. The van der Waals surface area contributed by atoms with Crippen molar-refractivity contribution in [3.05, 3.63) is 23.8 Å². The number of anilines is 1. The van der Waals surface area contributed by atoms with E-state index in [1.807, 2.05) is 0 Å². The summed E-state index contributed by atoms with van der Waals surface area (Å²) in [5.74, 6) is -1.74. The van der Waals surface area contributed by atoms with Crippen LogP contribution in [0.5, 0.6) is 0 Å². The molecule has 0 aromatic carbocycles. The van der Waals surface area contributed by atoms with Crippen LogP contribution < -0.4 is 4.90 Å². The number of pyridine rings is 1. The van der Waals surface area contributed by atoms with E-state index in [9.17, 15) is 17.6 Å². The van der Waals surface area contributed by atoms with Crippen LogP contribution in [0.1, 0.15) is 18.5 Å². The van der Waals surface area contributed by atoms with Gasteiger partial charge >= 0.3 is 6.18 Å². The second-order valence-electron chi connectivity index (χ2n) is 4.58. The maximum atomic E-state index is 13.6. The molecule has 0 N–H and O–H groups in total. The summed E-state index contributed by atoms with van der Waals surface area (Å²) in [6, 6.07) is 1.57. The summed E-state index contributed by atoms with van der Waals surface area (Å²) in [4.78, 5) is 5.47. The lowest BCUT2D eigenvalue weighted by Crippen LogP contribution is -2.39. The number of nitrogens with zero attached hydrogens (tertiary/aromatic N) is 2. The topological polar surface area (TPSA) is 16.1 Å². The standard InChI is InChI=1S/C12H14F4N2/c1-8-6-11(10(13)7-17-8)18-4-2-9(3-5-18)12(14,15)16/h6-7,9H,2-5H2,1H3. The molecule has 0 saturated carbocycles. The van der Waals surface area contributed by atoms with E-state index in [-0.39, 0.29) is 25.9 Å². The van der Waals surface area contributed by atoms with Gasteiger partial charge in [-0.3, -0.25) is 4.98 Å². The number of hydrogen-bond acceptors (Lipinski definition) is 2. The van der Waals surface area contributed by atoms with E-state index in [4.69, 9.17) is 0 Å². The first-order valence-electron chi connectivity index (χ1n) is 5.81. The Morgan fingerprint density at radius 3 is 2.44 bits per heavy atom. The van der Waals surface area contributed by atoms with Gasteiger partial charge in [-0.1, -0.05) is 0 Å². The van der Waals surface area contributed by atoms with Crippen molar-refractivity contribution >= 4 is 5.69 Å². The number of aryl methyl sites for hydroxylation is 1. The van der Waals surface area contributed by atoms with Gasteiger partial charge in [0.25, 0.3) is 0 Å². The number of hydrogen-bond donors (Lipinski definition) is 0. The molecule has 0 radical (unpaired) electrons. The Morgan fingerprint density at radius 1 is 1.28 bits per heavy atom. The molecule has 1 aliphatic rings. The van der Waals surface area contributed by atoms with Crippen LogP contribution in [0, 0.1) is 18.7 Å². The van der Waals surface area contributed by atoms with Crippen LogP contribution in [0.15, 0.2) is 12.3 Å². The van der Waals surface area contributed by atoms with Crippen LogP contribution in [0.4, 0.5) is 23.2 Å². The van der Waals surface area contributed by atoms with Gasteiger partial charge in [0.1, 0.15) is 0 Å². The molecule has 0 spiro atoms. The lowest BCUT2D eigenvalue weighted by Gasteiger charge is -2.34. The number of aromatic nitrogens is 1. The average molecular weight is 262 g/mol. The predicted octanol–water partition coefficient (Wildman–Crippen LogP) is 3.31. The maximum Gasteiger partial charge on any atom is 0.391 e. The number of alkyl halides is 3. The lowest BCUT2D eigenvalue weighted by molar-refractivity contribution is -0.179. The summed E-state index contributed by atoms with van der Waals surface area (Å²) in [7, 11) is 0. The fourth-order valence-electron chi connectivity index (χ4n) is 2.22. The zero-order valence-electron chi connectivity index (χ0n) is 9.97. The van der Waals surface area contributed by atoms with Crippen molar-refractivity contribution in [1.29, 1.82) is 0 Å². The van der Waals surface area contributed by atoms with Gasteiger partial charge in [0.05, 0.1) is 17.8 Å². The number of halogens is 4. The van der Waals surface area contributed by atoms with E-state index >= 15 is 0 Å². The third-order valence-electron chi connectivity index (χ3n) is 3.27. The quantitative estimate of drug-likeness (QED) is 0.722. The summed E-state index contributed by atoms with van der Waals surface area (Å²) in [6.45, 7) is 2.18. The molecule has 6 heteroatoms. The molecule has 0 atom stereocenters. The third-order valence-corrected chi connectivity index (χ3v) is 3.27. The highest BCUT2D eigenvalue weighted by Crippen LogP contribution is 2.35. The van der Waals surface area contributed by atoms with Crippen LogP contribution >= 0.6 is 0 Å². The van der Waals surface area contributed by atoms with Crippen molar-refractivity contribution in [2.24, 2.45) is 5.92 Å². The molecule has 0 aliphatic carbocycles. The number of rotatable bonds is 1. The third kappa shape index (κ3) is 2.73. The van der Waals surface area contributed by atoms with Gasteiger partial charge in [-0.2, -0.15) is 13.2 Å². The van der Waals surface area contributed by atoms with Gasteiger partial charge in [0.2, 0.25) is 0 Å². The summed E-state index contributed by atoms with van der Waals surface area (Å²) in [5, 5.41) is 0. The molecule has 0 amide bonds. The molecule has 100 valence electrons. The minimum Gasteiger partial charge on any atom is -0.369 e. The molecule has 2 nitrogen and oxygen atoms in total. The molecule has 0 bridgehead atoms. The van der Waals surface area contributed by atoms with Crippen LogP contribution in [-0.4, -0.2) is 24.2 Å². The van der Waals surface area contributed by atoms with E-state index in [0.717, 1.165) is 6.20 Å². The average Bonchev–Trinajstić information content (AvgIpc) is 2.31. The van der Waals surface area contributed by atoms with E-state index in [0.29, 0.717) is 11.4 Å². The second kappa shape index (κ2) is 4.74. The van der Waals surface area contributed by atoms with Gasteiger partial charge in [-0.15, -0.1) is 0 Å². The van der Waals surface area contributed by atoms with Gasteiger partial charge in [-0.25, -0.2) is 4.39 Å². The fourth-order valence-corrected chi connectivity index (χ4v) is 2.22. The van der Waals surface area contributed by atoms with Gasteiger partial charge in [0.15, 0.2) is 5.82 Å². The summed E-state index contributed by atoms with van der Waals surface area (Å²) in [6.07, 6.45) is -2.99. The normalized spacial score (nSPS) is 18.2. The smallest absolute Gasteiger partial charge is 0.369 e. The van der Waals surface area contributed by atoms with Crippen LogP contribution in [-0.2, 0) is 0 Å². The molecule has 0 unspecified atom stereocenters. The van der Waals surface area contributed by atoms with Crippen molar-refractivity contribution in [3.8, 4) is 0 Å². The summed E-state index contributed by atoms with van der Waals surface area (Å²) >= 11 is 0. The van der Waals surface area contributed by atoms with Crippen molar-refractivity contribution in [3.63, 3.8) is 0 Å². The van der Waals surface area contributed by atoms with E-state index in [1.54, 1.807) is 17.9 Å². The van der Waals surface area contributed by atoms with Crippen LogP contribution in [0.2, 0.25) is 0 Å². The zero-order chi connectivity index (χ0) is 13.3. The molecular formula is C12H14F4N2. The van der Waals surface area contributed by atoms with Crippen LogP contribution in [0.25, 0.3) is 0 Å². The highest BCUT2D eigenvalue weighted by atomic mass is 19.4. The van der Waals surface area contributed by atoms with Crippen molar-refractivity contribution in [1.82, 2.24) is 4.98 Å². The first-order valence-corrected chi connectivity index (χ1v) is 5.81. The first-order chi connectivity index (χ1) is 8.38. The zero-order valence-corrected chi connectivity index (χ0v) is 9.97. The van der Waals surface area contributed by atoms with E-state index < -0.39 is 17.9 Å². The molecule has 1 aromatic rings. The Hall–Kier alpha value is -1.33. The monoisotopic (exact) mass is 262 g/mol. The minimum atomic E-state index is -4.14. The summed E-state index contributed by atoms with van der Waals surface area (Å²) in [5.41, 5.74) is 1.01. The predicted molar refractivity (Wildman–Crippen MR) is 59.9 cm³/mol. The molecule has 1 saturated heterocycles. The molecule has 1 aromatic heterocycles. The maximum absolute atomic E-state index is 13.6. The Bertz CT molecular complexity index is 423. The molecule has 1 aliphatic heterocycles. The Balaban J connectivity index is 2.08.